The first kappa shape index (κ1) is 15.7. The molecule has 20 heavy (non-hydrogen) atoms. The quantitative estimate of drug-likeness (QED) is 0.925. The second-order valence-electron chi connectivity index (χ2n) is 4.82. The predicted octanol–water partition coefficient (Wildman–Crippen LogP) is 3.41. The number of rotatable bonds is 3. The zero-order valence-corrected chi connectivity index (χ0v) is 12.3. The van der Waals surface area contributed by atoms with E-state index in [-0.39, 0.29) is 12.1 Å². The number of thioether (sulfide) groups is 1. The van der Waals surface area contributed by atoms with Crippen LogP contribution in [-0.2, 0) is 10.9 Å². The molecule has 1 aromatic rings. The molecule has 6 heteroatoms. The molecule has 0 radical (unpaired) electrons. The summed E-state index contributed by atoms with van der Waals surface area (Å²) in [7, 11) is 1.81. The Balaban J connectivity index is 2.26. The fourth-order valence-electron chi connectivity index (χ4n) is 2.44. The van der Waals surface area contributed by atoms with Crippen LogP contribution in [0, 0.1) is 6.92 Å². The third kappa shape index (κ3) is 3.48. The Hall–Kier alpha value is -0.720. The van der Waals surface area contributed by atoms with Crippen molar-refractivity contribution < 1.29 is 17.9 Å². The Morgan fingerprint density at radius 3 is 2.65 bits per heavy atom. The first-order valence-electron chi connectivity index (χ1n) is 6.48. The van der Waals surface area contributed by atoms with Gasteiger partial charge < -0.3 is 10.1 Å². The van der Waals surface area contributed by atoms with E-state index in [9.17, 15) is 13.2 Å². The summed E-state index contributed by atoms with van der Waals surface area (Å²) in [6.07, 6.45) is -4.30. The molecule has 0 bridgehead atoms. The lowest BCUT2D eigenvalue weighted by molar-refractivity contribution is -0.137. The highest BCUT2D eigenvalue weighted by Crippen LogP contribution is 2.33. The molecular weight excluding hydrogens is 287 g/mol. The molecule has 1 aromatic carbocycles. The number of hydrogen-bond donors (Lipinski definition) is 1. The molecule has 1 saturated heterocycles. The van der Waals surface area contributed by atoms with E-state index in [2.05, 4.69) is 5.32 Å². The van der Waals surface area contributed by atoms with E-state index in [1.807, 2.05) is 18.8 Å². The zero-order chi connectivity index (χ0) is 14.8. The fourth-order valence-corrected chi connectivity index (χ4v) is 3.34. The molecule has 1 aliphatic heterocycles. The van der Waals surface area contributed by atoms with Crippen LogP contribution in [0.1, 0.15) is 22.7 Å². The van der Waals surface area contributed by atoms with E-state index in [1.165, 1.54) is 6.07 Å². The van der Waals surface area contributed by atoms with Gasteiger partial charge in [-0.1, -0.05) is 6.07 Å². The number of ether oxygens (including phenoxy) is 1. The SMILES string of the molecule is CNC(c1ccc(C(F)(F)F)cc1C)C1CSCCO1. The largest absolute Gasteiger partial charge is 0.416 e. The van der Waals surface area contributed by atoms with Crippen molar-refractivity contribution in [1.29, 1.82) is 0 Å². The average molecular weight is 305 g/mol. The maximum Gasteiger partial charge on any atom is 0.416 e. The summed E-state index contributed by atoms with van der Waals surface area (Å²) >= 11 is 1.81. The molecule has 1 N–H and O–H groups in total. The Morgan fingerprint density at radius 1 is 1.40 bits per heavy atom. The summed E-state index contributed by atoms with van der Waals surface area (Å²) in [5.74, 6) is 1.82. The van der Waals surface area contributed by atoms with Crippen molar-refractivity contribution in [2.45, 2.75) is 25.2 Å². The Bertz CT molecular complexity index is 458. The summed E-state index contributed by atoms with van der Waals surface area (Å²) < 4.78 is 43.8. The van der Waals surface area contributed by atoms with Gasteiger partial charge in [0.1, 0.15) is 0 Å². The van der Waals surface area contributed by atoms with Crippen molar-refractivity contribution >= 4 is 11.8 Å². The van der Waals surface area contributed by atoms with Gasteiger partial charge in [0.05, 0.1) is 24.3 Å². The Kier molecular flexibility index (Phi) is 4.99. The molecule has 2 atom stereocenters. The van der Waals surface area contributed by atoms with Crippen molar-refractivity contribution in [3.8, 4) is 0 Å². The highest BCUT2D eigenvalue weighted by Gasteiger charge is 2.32. The van der Waals surface area contributed by atoms with Crippen LogP contribution in [0.15, 0.2) is 18.2 Å². The standard InChI is InChI=1S/C14H18F3NOS/c1-9-7-10(14(15,16)17)3-4-11(9)13(18-2)12-8-20-6-5-19-12/h3-4,7,12-13,18H,5-6,8H2,1-2H3. The predicted molar refractivity (Wildman–Crippen MR) is 75.0 cm³/mol. The molecule has 0 amide bonds. The first-order chi connectivity index (χ1) is 9.43. The highest BCUT2D eigenvalue weighted by atomic mass is 32.2. The van der Waals surface area contributed by atoms with E-state index < -0.39 is 11.7 Å². The van der Waals surface area contributed by atoms with Crippen molar-refractivity contribution in [3.63, 3.8) is 0 Å². The second kappa shape index (κ2) is 6.37. The Labute approximate surface area is 121 Å². The monoisotopic (exact) mass is 305 g/mol. The number of nitrogens with one attached hydrogen (secondary N) is 1. The summed E-state index contributed by atoms with van der Waals surface area (Å²) in [5.41, 5.74) is 0.902. The van der Waals surface area contributed by atoms with Crippen LogP contribution in [0.4, 0.5) is 13.2 Å². The molecule has 1 heterocycles. The molecule has 1 fully saturated rings. The Morgan fingerprint density at radius 2 is 2.15 bits per heavy atom. The van der Waals surface area contributed by atoms with Crippen LogP contribution in [0.5, 0.6) is 0 Å². The van der Waals surface area contributed by atoms with Gasteiger partial charge in [-0.05, 0) is 37.2 Å². The van der Waals surface area contributed by atoms with E-state index in [0.717, 1.165) is 23.1 Å². The number of halogens is 3. The molecule has 2 nitrogen and oxygen atoms in total. The van der Waals surface area contributed by atoms with Crippen LogP contribution >= 0.6 is 11.8 Å². The number of hydrogen-bond acceptors (Lipinski definition) is 3. The van der Waals surface area contributed by atoms with Gasteiger partial charge >= 0.3 is 6.18 Å². The average Bonchev–Trinajstić information content (AvgIpc) is 2.41. The molecule has 0 spiro atoms. The van der Waals surface area contributed by atoms with Crippen LogP contribution < -0.4 is 5.32 Å². The molecule has 2 rings (SSSR count). The number of aryl methyl sites for hydroxylation is 1. The van der Waals surface area contributed by atoms with E-state index in [4.69, 9.17) is 4.74 Å². The lowest BCUT2D eigenvalue weighted by atomic mass is 9.95. The smallest absolute Gasteiger partial charge is 0.375 e. The number of alkyl halides is 3. The molecule has 0 saturated carbocycles. The summed E-state index contributed by atoms with van der Waals surface area (Å²) in [6.45, 7) is 2.40. The van der Waals surface area contributed by atoms with Crippen molar-refractivity contribution in [3.05, 3.63) is 34.9 Å². The van der Waals surface area contributed by atoms with Crippen LogP contribution in [0.25, 0.3) is 0 Å². The highest BCUT2D eigenvalue weighted by molar-refractivity contribution is 7.99. The molecule has 0 aromatic heterocycles. The maximum atomic E-state index is 12.7. The minimum atomic E-state index is -4.30. The van der Waals surface area contributed by atoms with E-state index in [1.54, 1.807) is 13.0 Å². The van der Waals surface area contributed by atoms with Gasteiger partial charge in [-0.25, -0.2) is 0 Å². The molecule has 112 valence electrons. The minimum Gasteiger partial charge on any atom is -0.375 e. The van der Waals surface area contributed by atoms with Crippen LogP contribution in [0.2, 0.25) is 0 Å². The first-order valence-corrected chi connectivity index (χ1v) is 7.63. The van der Waals surface area contributed by atoms with E-state index >= 15 is 0 Å². The normalized spacial score (nSPS) is 21.8. The molecule has 2 unspecified atom stereocenters. The lowest BCUT2D eigenvalue weighted by Crippen LogP contribution is -2.37. The van der Waals surface area contributed by atoms with E-state index in [0.29, 0.717) is 12.2 Å². The van der Waals surface area contributed by atoms with Gasteiger partial charge in [-0.2, -0.15) is 24.9 Å². The van der Waals surface area contributed by atoms with Crippen molar-refractivity contribution in [2.24, 2.45) is 0 Å². The van der Waals surface area contributed by atoms with Crippen molar-refractivity contribution in [2.75, 3.05) is 25.2 Å². The fraction of sp³-hybridized carbons (Fsp3) is 0.571. The molecule has 1 aliphatic rings. The summed E-state index contributed by atoms with van der Waals surface area (Å²) in [5, 5.41) is 3.17. The number of benzene rings is 1. The topological polar surface area (TPSA) is 21.3 Å². The van der Waals surface area contributed by atoms with Gasteiger partial charge in [0.2, 0.25) is 0 Å². The van der Waals surface area contributed by atoms with Gasteiger partial charge in [-0.3, -0.25) is 0 Å². The summed E-state index contributed by atoms with van der Waals surface area (Å²) in [6, 6.07) is 3.82. The van der Waals surface area contributed by atoms with Gasteiger partial charge in [0.15, 0.2) is 0 Å². The van der Waals surface area contributed by atoms with Gasteiger partial charge in [0.25, 0.3) is 0 Å². The molecular formula is C14H18F3NOS. The maximum absolute atomic E-state index is 12.7. The van der Waals surface area contributed by atoms with Crippen molar-refractivity contribution in [1.82, 2.24) is 5.32 Å². The third-order valence-corrected chi connectivity index (χ3v) is 4.48. The number of likely N-dealkylation sites (N-methyl/N-ethyl adjacent to an activating group) is 1. The third-order valence-electron chi connectivity index (χ3n) is 3.46. The lowest BCUT2D eigenvalue weighted by Gasteiger charge is -2.31. The zero-order valence-electron chi connectivity index (χ0n) is 11.5. The molecule has 0 aliphatic carbocycles. The van der Waals surface area contributed by atoms with Crippen LogP contribution in [0.3, 0.4) is 0 Å². The summed E-state index contributed by atoms with van der Waals surface area (Å²) in [4.78, 5) is 0. The minimum absolute atomic E-state index is 0.00538. The second-order valence-corrected chi connectivity index (χ2v) is 5.97. The van der Waals surface area contributed by atoms with Gasteiger partial charge in [-0.15, -0.1) is 0 Å². The van der Waals surface area contributed by atoms with Gasteiger partial charge in [0, 0.05) is 11.5 Å². The van der Waals surface area contributed by atoms with Crippen LogP contribution in [-0.4, -0.2) is 31.3 Å².